The van der Waals surface area contributed by atoms with Gasteiger partial charge in [0.1, 0.15) is 5.82 Å². The Balaban J connectivity index is 3.17. The number of benzene rings is 1. The third-order valence-electron chi connectivity index (χ3n) is 2.03. The Hall–Kier alpha value is -1.62. The highest BCUT2D eigenvalue weighted by atomic mass is 32.2. The molecule has 0 aliphatic carbocycles. The molecule has 1 rings (SSSR count). The molecular weight excluding hydrogens is 257 g/mol. The summed E-state index contributed by atoms with van der Waals surface area (Å²) in [5.74, 6) is 4.67. The van der Waals surface area contributed by atoms with E-state index in [4.69, 9.17) is 5.73 Å². The average molecular weight is 271 g/mol. The van der Waals surface area contributed by atoms with Crippen LogP contribution in [0.2, 0.25) is 0 Å². The van der Waals surface area contributed by atoms with Crippen LogP contribution in [0, 0.1) is 17.7 Å². The van der Waals surface area contributed by atoms with Gasteiger partial charge in [0.05, 0.1) is 17.8 Å². The van der Waals surface area contributed by atoms with Crippen molar-refractivity contribution in [3.63, 3.8) is 0 Å². The first-order valence-corrected chi connectivity index (χ1v) is 6.49. The maximum Gasteiger partial charge on any atom is 0.301 e. The van der Waals surface area contributed by atoms with Gasteiger partial charge in [-0.3, -0.25) is 4.72 Å². The molecule has 0 aromatic heterocycles. The zero-order valence-corrected chi connectivity index (χ0v) is 10.9. The Labute approximate surface area is 106 Å². The first kappa shape index (κ1) is 14.4. The van der Waals surface area contributed by atoms with Crippen molar-refractivity contribution in [3.05, 3.63) is 29.6 Å². The Bertz CT molecular complexity index is 588. The maximum atomic E-state index is 13.1. The monoisotopic (exact) mass is 271 g/mol. The Kier molecular flexibility index (Phi) is 4.67. The molecule has 18 heavy (non-hydrogen) atoms. The number of hydrogen-bond acceptors (Lipinski definition) is 3. The zero-order chi connectivity index (χ0) is 13.8. The highest BCUT2D eigenvalue weighted by Gasteiger charge is 2.15. The average Bonchev–Trinajstić information content (AvgIpc) is 2.29. The summed E-state index contributed by atoms with van der Waals surface area (Å²) in [7, 11) is -0.878. The van der Waals surface area contributed by atoms with Crippen LogP contribution >= 0.6 is 0 Å². The van der Waals surface area contributed by atoms with Gasteiger partial charge in [-0.1, -0.05) is 11.8 Å². The number of nitrogens with one attached hydrogen (secondary N) is 1. The van der Waals surface area contributed by atoms with Crippen molar-refractivity contribution in [2.45, 2.75) is 0 Å². The van der Waals surface area contributed by atoms with Gasteiger partial charge in [0.25, 0.3) is 0 Å². The predicted octanol–water partition coefficient (Wildman–Crippen LogP) is 0.354. The molecule has 0 saturated carbocycles. The first-order valence-electron chi connectivity index (χ1n) is 5.05. The summed E-state index contributed by atoms with van der Waals surface area (Å²) in [4.78, 5) is 0. The van der Waals surface area contributed by atoms with Crippen LogP contribution in [-0.4, -0.2) is 33.4 Å². The van der Waals surface area contributed by atoms with Crippen molar-refractivity contribution in [1.82, 2.24) is 4.31 Å². The van der Waals surface area contributed by atoms with Crippen LogP contribution in [0.3, 0.4) is 0 Å². The molecule has 0 aliphatic heterocycles. The van der Waals surface area contributed by atoms with Gasteiger partial charge in [-0.15, -0.1) is 0 Å². The van der Waals surface area contributed by atoms with Crippen molar-refractivity contribution >= 4 is 15.9 Å². The minimum absolute atomic E-state index is 0.108. The van der Waals surface area contributed by atoms with E-state index in [0.29, 0.717) is 0 Å². The van der Waals surface area contributed by atoms with Gasteiger partial charge in [0.15, 0.2) is 0 Å². The topological polar surface area (TPSA) is 75.4 Å². The predicted molar refractivity (Wildman–Crippen MR) is 68.6 cm³/mol. The normalized spacial score (nSPS) is 10.9. The summed E-state index contributed by atoms with van der Waals surface area (Å²) in [5, 5.41) is 0. The van der Waals surface area contributed by atoms with E-state index in [1.165, 1.54) is 20.2 Å². The lowest BCUT2D eigenvalue weighted by Crippen LogP contribution is -2.29. The van der Waals surface area contributed by atoms with Crippen LogP contribution in [0.15, 0.2) is 18.2 Å². The Morgan fingerprint density at radius 2 is 2.11 bits per heavy atom. The highest BCUT2D eigenvalue weighted by molar-refractivity contribution is 7.90. The lowest BCUT2D eigenvalue weighted by Gasteiger charge is -2.14. The van der Waals surface area contributed by atoms with Crippen molar-refractivity contribution < 1.29 is 12.8 Å². The summed E-state index contributed by atoms with van der Waals surface area (Å²) in [5.41, 5.74) is 5.68. The van der Waals surface area contributed by atoms with Crippen LogP contribution in [0.5, 0.6) is 0 Å². The SMILES string of the molecule is CN(C)S(=O)(=O)Nc1ccc(F)cc1C#CCN. The molecule has 1 aromatic rings. The molecule has 0 unspecified atom stereocenters. The number of nitrogens with zero attached hydrogens (tertiary/aromatic N) is 1. The van der Waals surface area contributed by atoms with Gasteiger partial charge >= 0.3 is 10.2 Å². The molecule has 1 aromatic carbocycles. The van der Waals surface area contributed by atoms with E-state index in [1.807, 2.05) is 0 Å². The molecule has 5 nitrogen and oxygen atoms in total. The Morgan fingerprint density at radius 1 is 1.44 bits per heavy atom. The summed E-state index contributed by atoms with van der Waals surface area (Å²) >= 11 is 0. The Morgan fingerprint density at radius 3 is 2.67 bits per heavy atom. The van der Waals surface area contributed by atoms with E-state index >= 15 is 0 Å². The molecular formula is C11H14FN3O2S. The lowest BCUT2D eigenvalue weighted by atomic mass is 10.2. The quantitative estimate of drug-likeness (QED) is 0.779. The fourth-order valence-corrected chi connectivity index (χ4v) is 1.72. The van der Waals surface area contributed by atoms with Gasteiger partial charge in [-0.2, -0.15) is 12.7 Å². The smallest absolute Gasteiger partial charge is 0.301 e. The highest BCUT2D eigenvalue weighted by Crippen LogP contribution is 2.17. The number of nitrogens with two attached hydrogens (primary N) is 1. The molecule has 7 heteroatoms. The fraction of sp³-hybridized carbons (Fsp3) is 0.273. The summed E-state index contributed by atoms with van der Waals surface area (Å²) in [6, 6.07) is 3.62. The molecule has 98 valence electrons. The van der Waals surface area contributed by atoms with Gasteiger partial charge in [-0.25, -0.2) is 4.39 Å². The number of hydrogen-bond donors (Lipinski definition) is 2. The molecule has 0 heterocycles. The summed E-state index contributed by atoms with van der Waals surface area (Å²) < 4.78 is 39.7. The van der Waals surface area contributed by atoms with Crippen LogP contribution < -0.4 is 10.5 Å². The molecule has 0 fully saturated rings. The van der Waals surface area contributed by atoms with Gasteiger partial charge in [0.2, 0.25) is 0 Å². The van der Waals surface area contributed by atoms with Gasteiger partial charge in [-0.05, 0) is 18.2 Å². The number of anilines is 1. The lowest BCUT2D eigenvalue weighted by molar-refractivity contribution is 0.526. The van der Waals surface area contributed by atoms with E-state index in [9.17, 15) is 12.8 Å². The van der Waals surface area contributed by atoms with Crippen molar-refractivity contribution in [3.8, 4) is 11.8 Å². The van der Waals surface area contributed by atoms with Crippen molar-refractivity contribution in [2.75, 3.05) is 25.4 Å². The number of halogens is 1. The van der Waals surface area contributed by atoms with E-state index in [0.717, 1.165) is 16.4 Å². The third-order valence-corrected chi connectivity index (χ3v) is 3.47. The van der Waals surface area contributed by atoms with Crippen LogP contribution in [0.1, 0.15) is 5.56 Å². The van der Waals surface area contributed by atoms with Crippen molar-refractivity contribution in [2.24, 2.45) is 5.73 Å². The molecule has 0 bridgehead atoms. The molecule has 0 saturated heterocycles. The molecule has 0 amide bonds. The van der Waals surface area contributed by atoms with Gasteiger partial charge in [0, 0.05) is 14.1 Å². The first-order chi connectivity index (χ1) is 8.36. The van der Waals surface area contributed by atoms with Crippen molar-refractivity contribution in [1.29, 1.82) is 0 Å². The van der Waals surface area contributed by atoms with Crippen LogP contribution in [0.4, 0.5) is 10.1 Å². The van der Waals surface area contributed by atoms with E-state index in [1.54, 1.807) is 0 Å². The third kappa shape index (κ3) is 3.70. The maximum absolute atomic E-state index is 13.1. The summed E-state index contributed by atoms with van der Waals surface area (Å²) in [6.07, 6.45) is 0. The molecule has 0 atom stereocenters. The zero-order valence-electron chi connectivity index (χ0n) is 10.1. The standard InChI is InChI=1S/C11H14FN3O2S/c1-15(2)18(16,17)14-11-6-5-10(12)8-9(11)4-3-7-13/h5-6,8,14H,7,13H2,1-2H3. The molecule has 0 radical (unpaired) electrons. The van der Waals surface area contributed by atoms with Crippen LogP contribution in [-0.2, 0) is 10.2 Å². The molecule has 3 N–H and O–H groups in total. The number of rotatable bonds is 3. The van der Waals surface area contributed by atoms with Gasteiger partial charge < -0.3 is 5.73 Å². The second-order valence-electron chi connectivity index (χ2n) is 3.59. The van der Waals surface area contributed by atoms with Crippen LogP contribution in [0.25, 0.3) is 0 Å². The second-order valence-corrected chi connectivity index (χ2v) is 5.47. The summed E-state index contributed by atoms with van der Waals surface area (Å²) in [6.45, 7) is 0.108. The van der Waals surface area contributed by atoms with E-state index in [-0.39, 0.29) is 17.8 Å². The molecule has 0 aliphatic rings. The minimum Gasteiger partial charge on any atom is -0.320 e. The molecule has 0 spiro atoms. The van der Waals surface area contributed by atoms with E-state index in [2.05, 4.69) is 16.6 Å². The van der Waals surface area contributed by atoms with E-state index < -0.39 is 16.0 Å². The largest absolute Gasteiger partial charge is 0.320 e. The second kappa shape index (κ2) is 5.82. The minimum atomic E-state index is -3.65. The fourth-order valence-electron chi connectivity index (χ4n) is 1.09.